The summed E-state index contributed by atoms with van der Waals surface area (Å²) in [6.07, 6.45) is 4.64. The Morgan fingerprint density at radius 2 is 1.70 bits per heavy atom. The quantitative estimate of drug-likeness (QED) is 0.683. The van der Waals surface area contributed by atoms with Gasteiger partial charge in [0, 0.05) is 6.04 Å². The molecule has 0 heterocycles. The Labute approximate surface area is 124 Å². The number of benzene rings is 1. The summed E-state index contributed by atoms with van der Waals surface area (Å²) in [6, 6.07) is 9.11. The van der Waals surface area contributed by atoms with Crippen molar-refractivity contribution in [3.05, 3.63) is 29.8 Å². The molecule has 20 heavy (non-hydrogen) atoms. The molecule has 0 aromatic heterocycles. The van der Waals surface area contributed by atoms with Crippen LogP contribution in [0.3, 0.4) is 0 Å². The van der Waals surface area contributed by atoms with Crippen molar-refractivity contribution >= 4 is 0 Å². The van der Waals surface area contributed by atoms with Gasteiger partial charge in [0.1, 0.15) is 5.75 Å². The first-order chi connectivity index (χ1) is 9.69. The van der Waals surface area contributed by atoms with Crippen LogP contribution in [-0.4, -0.2) is 19.2 Å². The normalized spacial score (nSPS) is 12.7. The highest BCUT2D eigenvalue weighted by atomic mass is 16.5. The van der Waals surface area contributed by atoms with E-state index in [4.69, 9.17) is 4.74 Å². The van der Waals surface area contributed by atoms with Gasteiger partial charge in [-0.2, -0.15) is 0 Å². The zero-order chi connectivity index (χ0) is 14.8. The molecule has 0 saturated heterocycles. The Bertz CT molecular complexity index is 343. The van der Waals surface area contributed by atoms with Crippen LogP contribution in [0.15, 0.2) is 24.3 Å². The highest BCUT2D eigenvalue weighted by Gasteiger charge is 2.05. The maximum absolute atomic E-state index is 5.86. The van der Waals surface area contributed by atoms with Crippen molar-refractivity contribution in [2.45, 2.75) is 59.4 Å². The number of ether oxygens (including phenoxy) is 1. The van der Waals surface area contributed by atoms with Crippen LogP contribution in [0.2, 0.25) is 0 Å². The zero-order valence-electron chi connectivity index (χ0n) is 13.6. The minimum absolute atomic E-state index is 0.534. The lowest BCUT2D eigenvalue weighted by atomic mass is 10.1. The van der Waals surface area contributed by atoms with Crippen molar-refractivity contribution in [1.82, 2.24) is 5.32 Å². The molecular formula is C18H31NO. The van der Waals surface area contributed by atoms with Crippen molar-refractivity contribution < 1.29 is 4.74 Å². The van der Waals surface area contributed by atoms with Crippen molar-refractivity contribution in [2.75, 3.05) is 13.2 Å². The van der Waals surface area contributed by atoms with Crippen molar-refractivity contribution in [3.63, 3.8) is 0 Å². The zero-order valence-corrected chi connectivity index (χ0v) is 13.6. The van der Waals surface area contributed by atoms with Crippen LogP contribution < -0.4 is 10.1 Å². The molecule has 0 amide bonds. The predicted octanol–water partition coefficient (Wildman–Crippen LogP) is 4.43. The average Bonchev–Trinajstić information content (AvgIpc) is 2.48. The van der Waals surface area contributed by atoms with Crippen LogP contribution in [0, 0.1) is 5.92 Å². The molecule has 0 bridgehead atoms. The second-order valence-electron chi connectivity index (χ2n) is 5.70. The molecule has 0 aliphatic carbocycles. The number of nitrogens with one attached hydrogen (secondary N) is 1. The Balaban J connectivity index is 2.39. The van der Waals surface area contributed by atoms with Crippen LogP contribution in [0.5, 0.6) is 5.75 Å². The summed E-state index contributed by atoms with van der Waals surface area (Å²) in [4.78, 5) is 0. The molecule has 0 radical (unpaired) electrons. The van der Waals surface area contributed by atoms with Gasteiger partial charge >= 0.3 is 0 Å². The van der Waals surface area contributed by atoms with E-state index in [9.17, 15) is 0 Å². The number of hydrogen-bond acceptors (Lipinski definition) is 2. The van der Waals surface area contributed by atoms with E-state index < -0.39 is 0 Å². The van der Waals surface area contributed by atoms with E-state index in [1.165, 1.54) is 24.8 Å². The van der Waals surface area contributed by atoms with Gasteiger partial charge in [0.2, 0.25) is 0 Å². The molecule has 2 nitrogen and oxygen atoms in total. The van der Waals surface area contributed by atoms with Crippen LogP contribution in [0.4, 0.5) is 0 Å². The van der Waals surface area contributed by atoms with E-state index in [1.807, 2.05) is 0 Å². The molecule has 114 valence electrons. The maximum Gasteiger partial charge on any atom is 0.119 e. The Kier molecular flexibility index (Phi) is 8.36. The fraction of sp³-hybridized carbons (Fsp3) is 0.667. The monoisotopic (exact) mass is 277 g/mol. The van der Waals surface area contributed by atoms with E-state index in [0.29, 0.717) is 12.0 Å². The summed E-state index contributed by atoms with van der Waals surface area (Å²) in [7, 11) is 0. The third kappa shape index (κ3) is 6.42. The van der Waals surface area contributed by atoms with E-state index in [0.717, 1.165) is 25.3 Å². The molecule has 1 aromatic rings. The van der Waals surface area contributed by atoms with Gasteiger partial charge in [0.05, 0.1) is 6.61 Å². The molecule has 1 unspecified atom stereocenters. The van der Waals surface area contributed by atoms with Crippen LogP contribution in [-0.2, 0) is 6.42 Å². The second-order valence-corrected chi connectivity index (χ2v) is 5.70. The van der Waals surface area contributed by atoms with Crippen molar-refractivity contribution in [1.29, 1.82) is 0 Å². The summed E-state index contributed by atoms with van der Waals surface area (Å²) in [5.41, 5.74) is 1.37. The van der Waals surface area contributed by atoms with Gasteiger partial charge in [0.25, 0.3) is 0 Å². The fourth-order valence-electron chi connectivity index (χ4n) is 2.28. The number of hydrogen-bond donors (Lipinski definition) is 1. The van der Waals surface area contributed by atoms with Gasteiger partial charge in [-0.3, -0.25) is 0 Å². The van der Waals surface area contributed by atoms with E-state index >= 15 is 0 Å². The van der Waals surface area contributed by atoms with Gasteiger partial charge in [-0.15, -0.1) is 0 Å². The molecule has 1 N–H and O–H groups in total. The SMILES string of the molecule is CCCNC(C)Cc1ccc(OCC(CC)CC)cc1. The van der Waals surface area contributed by atoms with E-state index in [-0.39, 0.29) is 0 Å². The molecular weight excluding hydrogens is 246 g/mol. The van der Waals surface area contributed by atoms with Crippen LogP contribution in [0.25, 0.3) is 0 Å². The van der Waals surface area contributed by atoms with Crippen LogP contribution in [0.1, 0.15) is 52.5 Å². The molecule has 0 aliphatic heterocycles. The minimum Gasteiger partial charge on any atom is -0.493 e. The highest BCUT2D eigenvalue weighted by molar-refractivity contribution is 5.27. The third-order valence-electron chi connectivity index (χ3n) is 3.85. The summed E-state index contributed by atoms with van der Waals surface area (Å²) in [6.45, 7) is 10.8. The first kappa shape index (κ1) is 17.0. The molecule has 1 rings (SSSR count). The van der Waals surface area contributed by atoms with Gasteiger partial charge < -0.3 is 10.1 Å². The van der Waals surface area contributed by atoms with Gasteiger partial charge in [-0.05, 0) is 49.9 Å². The predicted molar refractivity (Wildman–Crippen MR) is 87.5 cm³/mol. The highest BCUT2D eigenvalue weighted by Crippen LogP contribution is 2.16. The fourth-order valence-corrected chi connectivity index (χ4v) is 2.28. The number of rotatable bonds is 10. The van der Waals surface area contributed by atoms with Crippen LogP contribution >= 0.6 is 0 Å². The standard InChI is InChI=1S/C18H31NO/c1-5-12-19-15(4)13-17-8-10-18(11-9-17)20-14-16(6-2)7-3/h8-11,15-16,19H,5-7,12-14H2,1-4H3. The molecule has 2 heteroatoms. The van der Waals surface area contributed by atoms with Gasteiger partial charge in [-0.25, -0.2) is 0 Å². The second kappa shape index (κ2) is 9.82. The Morgan fingerprint density at radius 3 is 2.25 bits per heavy atom. The summed E-state index contributed by atoms with van der Waals surface area (Å²) in [5.74, 6) is 1.67. The van der Waals surface area contributed by atoms with E-state index in [2.05, 4.69) is 57.3 Å². The van der Waals surface area contributed by atoms with Crippen molar-refractivity contribution in [3.8, 4) is 5.75 Å². The Hall–Kier alpha value is -1.02. The van der Waals surface area contributed by atoms with Crippen molar-refractivity contribution in [2.24, 2.45) is 5.92 Å². The molecule has 1 aromatic carbocycles. The molecule has 0 saturated carbocycles. The van der Waals surface area contributed by atoms with E-state index in [1.54, 1.807) is 0 Å². The minimum atomic E-state index is 0.534. The van der Waals surface area contributed by atoms with Gasteiger partial charge in [-0.1, -0.05) is 45.7 Å². The lowest BCUT2D eigenvalue weighted by molar-refractivity contribution is 0.240. The van der Waals surface area contributed by atoms with Gasteiger partial charge in [0.15, 0.2) is 0 Å². The summed E-state index contributed by atoms with van der Waals surface area (Å²) in [5, 5.41) is 3.52. The molecule has 0 aliphatic rings. The maximum atomic E-state index is 5.86. The lowest BCUT2D eigenvalue weighted by Gasteiger charge is -2.15. The third-order valence-corrected chi connectivity index (χ3v) is 3.85. The first-order valence-corrected chi connectivity index (χ1v) is 8.14. The molecule has 1 atom stereocenters. The molecule has 0 fully saturated rings. The molecule has 0 spiro atoms. The summed E-state index contributed by atoms with van der Waals surface area (Å²) >= 11 is 0. The average molecular weight is 277 g/mol. The Morgan fingerprint density at radius 1 is 1.05 bits per heavy atom. The first-order valence-electron chi connectivity index (χ1n) is 8.14. The smallest absolute Gasteiger partial charge is 0.119 e. The lowest BCUT2D eigenvalue weighted by Crippen LogP contribution is -2.28. The largest absolute Gasteiger partial charge is 0.493 e. The summed E-state index contributed by atoms with van der Waals surface area (Å²) < 4.78 is 5.86. The topological polar surface area (TPSA) is 21.3 Å².